The highest BCUT2D eigenvalue weighted by Gasteiger charge is 2.22. The summed E-state index contributed by atoms with van der Waals surface area (Å²) in [6.07, 6.45) is 0. The molecule has 4 rings (SSSR count). The maximum absolute atomic E-state index is 9.12. The molecule has 4 aromatic carbocycles. The van der Waals surface area contributed by atoms with E-state index in [1.54, 1.807) is 0 Å². The monoisotopic (exact) mass is 335 g/mol. The highest BCUT2D eigenvalue weighted by Crippen LogP contribution is 2.43. The fourth-order valence-corrected chi connectivity index (χ4v) is 3.96. The van der Waals surface area contributed by atoms with Crippen LogP contribution in [0.1, 0.15) is 31.9 Å². The van der Waals surface area contributed by atoms with Gasteiger partial charge in [0.2, 0.25) is 0 Å². The van der Waals surface area contributed by atoms with Crippen LogP contribution >= 0.6 is 0 Å². The first-order chi connectivity index (χ1) is 12.5. The number of fused-ring (bicyclic) bond motifs is 2. The van der Waals surface area contributed by atoms with E-state index in [0.717, 1.165) is 5.56 Å². The van der Waals surface area contributed by atoms with Crippen LogP contribution < -0.4 is 0 Å². The fourth-order valence-electron chi connectivity index (χ4n) is 3.96. The zero-order chi connectivity index (χ0) is 18.3. The van der Waals surface area contributed by atoms with Crippen LogP contribution in [-0.2, 0) is 5.41 Å². The van der Waals surface area contributed by atoms with Crippen LogP contribution in [-0.4, -0.2) is 0 Å². The van der Waals surface area contributed by atoms with Gasteiger partial charge < -0.3 is 0 Å². The standard InChI is InChI=1S/C25H21N/c1-25(2,3)24-21-10-6-4-8-19(21)23(20-9-5-7-11-22(20)24)18-14-12-17(16-26)13-15-18/h4-15H,1-3H3. The molecule has 0 saturated heterocycles. The van der Waals surface area contributed by atoms with E-state index in [4.69, 9.17) is 5.26 Å². The quantitative estimate of drug-likeness (QED) is 0.350. The van der Waals surface area contributed by atoms with Gasteiger partial charge in [0.25, 0.3) is 0 Å². The first-order valence-electron chi connectivity index (χ1n) is 8.95. The average Bonchev–Trinajstić information content (AvgIpc) is 2.65. The highest BCUT2D eigenvalue weighted by atomic mass is 14.3. The summed E-state index contributed by atoms with van der Waals surface area (Å²) < 4.78 is 0. The van der Waals surface area contributed by atoms with Crippen LogP contribution in [0, 0.1) is 11.3 Å². The zero-order valence-corrected chi connectivity index (χ0v) is 15.4. The van der Waals surface area contributed by atoms with Gasteiger partial charge in [0, 0.05) is 0 Å². The molecule has 0 aliphatic rings. The number of rotatable bonds is 1. The molecule has 0 atom stereocenters. The molecule has 0 aliphatic carbocycles. The van der Waals surface area contributed by atoms with Gasteiger partial charge in [-0.1, -0.05) is 81.4 Å². The summed E-state index contributed by atoms with van der Waals surface area (Å²) in [6, 6.07) is 27.5. The summed E-state index contributed by atoms with van der Waals surface area (Å²) in [5.74, 6) is 0. The summed E-state index contributed by atoms with van der Waals surface area (Å²) in [6.45, 7) is 6.84. The molecule has 0 N–H and O–H groups in total. The molecule has 0 fully saturated rings. The number of nitriles is 1. The Balaban J connectivity index is 2.21. The first kappa shape index (κ1) is 16.4. The average molecular weight is 335 g/mol. The van der Waals surface area contributed by atoms with E-state index in [0.29, 0.717) is 5.56 Å². The summed E-state index contributed by atoms with van der Waals surface area (Å²) >= 11 is 0. The predicted molar refractivity (Wildman–Crippen MR) is 110 cm³/mol. The number of nitrogens with zero attached hydrogens (tertiary/aromatic N) is 1. The largest absolute Gasteiger partial charge is 0.192 e. The second kappa shape index (κ2) is 6.00. The lowest BCUT2D eigenvalue weighted by atomic mass is 9.78. The van der Waals surface area contributed by atoms with Crippen molar-refractivity contribution in [1.29, 1.82) is 5.26 Å². The van der Waals surface area contributed by atoms with Gasteiger partial charge in [-0.25, -0.2) is 0 Å². The van der Waals surface area contributed by atoms with Crippen molar-refractivity contribution in [2.45, 2.75) is 26.2 Å². The Kier molecular flexibility index (Phi) is 3.78. The number of benzene rings is 4. The van der Waals surface area contributed by atoms with Crippen molar-refractivity contribution in [3.8, 4) is 17.2 Å². The Labute approximate surface area is 154 Å². The lowest BCUT2D eigenvalue weighted by Crippen LogP contribution is -2.13. The highest BCUT2D eigenvalue weighted by molar-refractivity contribution is 6.15. The van der Waals surface area contributed by atoms with Crippen molar-refractivity contribution in [3.63, 3.8) is 0 Å². The van der Waals surface area contributed by atoms with E-state index in [1.165, 1.54) is 32.7 Å². The van der Waals surface area contributed by atoms with Crippen molar-refractivity contribution in [3.05, 3.63) is 83.9 Å². The van der Waals surface area contributed by atoms with Crippen LogP contribution in [0.3, 0.4) is 0 Å². The zero-order valence-electron chi connectivity index (χ0n) is 15.4. The Morgan fingerprint density at radius 2 is 1.12 bits per heavy atom. The van der Waals surface area contributed by atoms with Crippen molar-refractivity contribution < 1.29 is 0 Å². The van der Waals surface area contributed by atoms with Crippen LogP contribution in [0.15, 0.2) is 72.8 Å². The van der Waals surface area contributed by atoms with Crippen molar-refractivity contribution >= 4 is 21.5 Å². The SMILES string of the molecule is CC(C)(C)c1c2ccccc2c(-c2ccc(C#N)cc2)c2ccccc12. The first-order valence-corrected chi connectivity index (χ1v) is 8.95. The second-order valence-electron chi connectivity index (χ2n) is 7.78. The van der Waals surface area contributed by atoms with Gasteiger partial charge in [-0.2, -0.15) is 5.26 Å². The van der Waals surface area contributed by atoms with E-state index < -0.39 is 0 Å². The molecular weight excluding hydrogens is 314 g/mol. The van der Waals surface area contributed by atoms with Crippen LogP contribution in [0.5, 0.6) is 0 Å². The van der Waals surface area contributed by atoms with E-state index >= 15 is 0 Å². The van der Waals surface area contributed by atoms with Gasteiger partial charge in [-0.15, -0.1) is 0 Å². The molecule has 1 heteroatoms. The van der Waals surface area contributed by atoms with Crippen LogP contribution in [0.4, 0.5) is 0 Å². The van der Waals surface area contributed by atoms with Gasteiger partial charge in [0.05, 0.1) is 11.6 Å². The summed E-state index contributed by atoms with van der Waals surface area (Å²) in [7, 11) is 0. The van der Waals surface area contributed by atoms with Crippen molar-refractivity contribution in [2.24, 2.45) is 0 Å². The van der Waals surface area contributed by atoms with Gasteiger partial charge in [0.1, 0.15) is 0 Å². The number of hydrogen-bond acceptors (Lipinski definition) is 1. The van der Waals surface area contributed by atoms with E-state index in [9.17, 15) is 0 Å². The topological polar surface area (TPSA) is 23.8 Å². The Bertz CT molecular complexity index is 1100. The number of hydrogen-bond donors (Lipinski definition) is 0. The van der Waals surface area contributed by atoms with E-state index in [1.807, 2.05) is 12.1 Å². The normalized spacial score (nSPS) is 11.6. The van der Waals surface area contributed by atoms with Gasteiger partial charge in [0.15, 0.2) is 0 Å². The summed E-state index contributed by atoms with van der Waals surface area (Å²) in [4.78, 5) is 0. The van der Waals surface area contributed by atoms with E-state index in [-0.39, 0.29) is 5.41 Å². The molecule has 0 heterocycles. The van der Waals surface area contributed by atoms with Crippen molar-refractivity contribution in [1.82, 2.24) is 0 Å². The smallest absolute Gasteiger partial charge is 0.0991 e. The Morgan fingerprint density at radius 3 is 1.54 bits per heavy atom. The molecule has 0 spiro atoms. The molecule has 26 heavy (non-hydrogen) atoms. The minimum atomic E-state index is 0.0441. The molecule has 0 saturated carbocycles. The molecule has 0 aromatic heterocycles. The lowest BCUT2D eigenvalue weighted by molar-refractivity contribution is 0.601. The van der Waals surface area contributed by atoms with Gasteiger partial charge >= 0.3 is 0 Å². The molecular formula is C25H21N. The van der Waals surface area contributed by atoms with Gasteiger partial charge in [-0.3, -0.25) is 0 Å². The molecule has 0 unspecified atom stereocenters. The lowest BCUT2D eigenvalue weighted by Gasteiger charge is -2.26. The Hall–Kier alpha value is -3.11. The second-order valence-corrected chi connectivity index (χ2v) is 7.78. The molecule has 0 radical (unpaired) electrons. The minimum Gasteiger partial charge on any atom is -0.192 e. The predicted octanol–water partition coefficient (Wildman–Crippen LogP) is 6.83. The van der Waals surface area contributed by atoms with E-state index in [2.05, 4.69) is 87.5 Å². The minimum absolute atomic E-state index is 0.0441. The third-order valence-corrected chi connectivity index (χ3v) is 4.98. The van der Waals surface area contributed by atoms with Crippen molar-refractivity contribution in [2.75, 3.05) is 0 Å². The summed E-state index contributed by atoms with van der Waals surface area (Å²) in [5.41, 5.74) is 4.52. The summed E-state index contributed by atoms with van der Waals surface area (Å²) in [5, 5.41) is 14.3. The molecule has 126 valence electrons. The van der Waals surface area contributed by atoms with Crippen LogP contribution in [0.2, 0.25) is 0 Å². The third kappa shape index (κ3) is 2.55. The van der Waals surface area contributed by atoms with Crippen LogP contribution in [0.25, 0.3) is 32.7 Å². The fraction of sp³-hybridized carbons (Fsp3) is 0.160. The molecule has 0 aliphatic heterocycles. The molecule has 4 aromatic rings. The maximum atomic E-state index is 9.12. The van der Waals surface area contributed by atoms with Gasteiger partial charge in [-0.05, 0) is 55.8 Å². The molecule has 0 bridgehead atoms. The molecule has 0 amide bonds. The Morgan fingerprint density at radius 1 is 0.654 bits per heavy atom. The maximum Gasteiger partial charge on any atom is 0.0991 e. The molecule has 1 nitrogen and oxygen atoms in total. The third-order valence-electron chi connectivity index (χ3n) is 4.98.